The first kappa shape index (κ1) is 11.8. The first-order valence-electron chi connectivity index (χ1n) is 3.08. The molecule has 0 aromatic heterocycles. The average Bonchev–Trinajstić information content (AvgIpc) is 1.68. The molecule has 0 saturated heterocycles. The molecule has 0 atom stereocenters. The first-order valence-corrected chi connectivity index (χ1v) is 3.08. The third-order valence-corrected chi connectivity index (χ3v) is 0.851. The summed E-state index contributed by atoms with van der Waals surface area (Å²) in [5.74, 6) is 0.162. The van der Waals surface area contributed by atoms with Gasteiger partial charge in [-0.3, -0.25) is 4.79 Å². The Bertz CT molecular complexity index is 72.1. The predicted octanol–water partition coefficient (Wildman–Crippen LogP) is -1.96. The zero-order valence-corrected chi connectivity index (χ0v) is 6.53. The molecule has 1 amide bonds. The standard InChI is InChI=1S/C6H13NO.Li.H/c1-3-5-6(8)7-4-2;;/h3-5H2,1-2H3,(H,7,8);;/q;+1;-1. The van der Waals surface area contributed by atoms with Crippen LogP contribution < -0.4 is 24.2 Å². The summed E-state index contributed by atoms with van der Waals surface area (Å²) in [6.07, 6.45) is 1.60. The monoisotopic (exact) mass is 123 g/mol. The van der Waals surface area contributed by atoms with Gasteiger partial charge in [-0.05, 0) is 13.3 Å². The van der Waals surface area contributed by atoms with Gasteiger partial charge in [0.1, 0.15) is 0 Å². The molecule has 50 valence electrons. The molecule has 0 aromatic rings. The zero-order valence-electron chi connectivity index (χ0n) is 7.53. The van der Waals surface area contributed by atoms with E-state index in [1.54, 1.807) is 0 Å². The van der Waals surface area contributed by atoms with Crippen molar-refractivity contribution in [2.24, 2.45) is 0 Å². The normalized spacial score (nSPS) is 7.78. The molecule has 0 fully saturated rings. The van der Waals surface area contributed by atoms with Crippen LogP contribution in [0.2, 0.25) is 0 Å². The van der Waals surface area contributed by atoms with Crippen molar-refractivity contribution in [1.29, 1.82) is 0 Å². The summed E-state index contributed by atoms with van der Waals surface area (Å²) in [4.78, 5) is 10.5. The molecule has 0 aliphatic carbocycles. The largest absolute Gasteiger partial charge is 1.00 e. The van der Waals surface area contributed by atoms with Crippen LogP contribution in [0.25, 0.3) is 0 Å². The molecule has 0 saturated carbocycles. The van der Waals surface area contributed by atoms with Gasteiger partial charge in [0.15, 0.2) is 0 Å². The van der Waals surface area contributed by atoms with E-state index in [1.807, 2.05) is 13.8 Å². The van der Waals surface area contributed by atoms with Gasteiger partial charge in [0.05, 0.1) is 0 Å². The minimum absolute atomic E-state index is 0. The molecule has 3 heteroatoms. The van der Waals surface area contributed by atoms with Crippen LogP contribution in [0, 0.1) is 0 Å². The molecule has 9 heavy (non-hydrogen) atoms. The van der Waals surface area contributed by atoms with Crippen LogP contribution in [0.1, 0.15) is 28.1 Å². The Morgan fingerprint density at radius 2 is 2.11 bits per heavy atom. The van der Waals surface area contributed by atoms with Gasteiger partial charge < -0.3 is 6.74 Å². The summed E-state index contributed by atoms with van der Waals surface area (Å²) in [5.41, 5.74) is 0. The van der Waals surface area contributed by atoms with Crippen LogP contribution in [-0.2, 0) is 4.79 Å². The van der Waals surface area contributed by atoms with Gasteiger partial charge in [-0.15, -0.1) is 0 Å². The molecule has 0 aliphatic rings. The Kier molecular flexibility index (Phi) is 10.6. The van der Waals surface area contributed by atoms with Gasteiger partial charge in [0, 0.05) is 13.0 Å². The van der Waals surface area contributed by atoms with Crippen molar-refractivity contribution < 1.29 is 25.1 Å². The first-order chi connectivity index (χ1) is 3.81. The molecule has 0 aromatic carbocycles. The fourth-order valence-electron chi connectivity index (χ4n) is 0.513. The van der Waals surface area contributed by atoms with Gasteiger partial charge >= 0.3 is 18.9 Å². The number of rotatable bonds is 3. The second-order valence-corrected chi connectivity index (χ2v) is 1.70. The van der Waals surface area contributed by atoms with Gasteiger partial charge in [-0.2, -0.15) is 0 Å². The second-order valence-electron chi connectivity index (χ2n) is 1.70. The van der Waals surface area contributed by atoms with E-state index < -0.39 is 0 Å². The van der Waals surface area contributed by atoms with Crippen molar-refractivity contribution in [2.45, 2.75) is 26.7 Å². The van der Waals surface area contributed by atoms with E-state index in [0.717, 1.165) is 13.0 Å². The third-order valence-electron chi connectivity index (χ3n) is 0.851. The molecule has 0 spiro atoms. The summed E-state index contributed by atoms with van der Waals surface area (Å²) in [7, 11) is 0. The number of hydrogen-bond acceptors (Lipinski definition) is 1. The minimum Gasteiger partial charge on any atom is -1.00 e. The molecule has 0 bridgehead atoms. The molecule has 0 rings (SSSR count). The van der Waals surface area contributed by atoms with Crippen molar-refractivity contribution in [1.82, 2.24) is 5.32 Å². The number of carbonyl (C=O) groups excluding carboxylic acids is 1. The van der Waals surface area contributed by atoms with Crippen LogP contribution in [0.15, 0.2) is 0 Å². The summed E-state index contributed by atoms with van der Waals surface area (Å²) in [5, 5.41) is 2.71. The number of hydrogen-bond donors (Lipinski definition) is 1. The summed E-state index contributed by atoms with van der Waals surface area (Å²) >= 11 is 0. The van der Waals surface area contributed by atoms with E-state index >= 15 is 0 Å². The van der Waals surface area contributed by atoms with Gasteiger partial charge in [-0.1, -0.05) is 6.92 Å². The number of carbonyl (C=O) groups is 1. The summed E-state index contributed by atoms with van der Waals surface area (Å²) in [6, 6.07) is 0. The minimum atomic E-state index is 0. The summed E-state index contributed by atoms with van der Waals surface area (Å²) < 4.78 is 0. The maximum atomic E-state index is 10.5. The van der Waals surface area contributed by atoms with Crippen LogP contribution in [0.3, 0.4) is 0 Å². The fraction of sp³-hybridized carbons (Fsp3) is 0.833. The van der Waals surface area contributed by atoms with Crippen LogP contribution >= 0.6 is 0 Å². The molecule has 0 heterocycles. The van der Waals surface area contributed by atoms with Gasteiger partial charge in [0.2, 0.25) is 5.91 Å². The average molecular weight is 123 g/mol. The molecular weight excluding hydrogens is 109 g/mol. The fourth-order valence-corrected chi connectivity index (χ4v) is 0.513. The second kappa shape index (κ2) is 8.07. The topological polar surface area (TPSA) is 29.1 Å². The van der Waals surface area contributed by atoms with Crippen LogP contribution in [0.4, 0.5) is 0 Å². The molecule has 0 aliphatic heterocycles. The van der Waals surface area contributed by atoms with Crippen molar-refractivity contribution in [3.63, 3.8) is 0 Å². The smallest absolute Gasteiger partial charge is 1.00 e. The third kappa shape index (κ3) is 8.07. The molecule has 2 nitrogen and oxygen atoms in total. The Morgan fingerprint density at radius 3 is 2.44 bits per heavy atom. The maximum absolute atomic E-state index is 10.5. The SMILES string of the molecule is CCCC(=O)NCC.[H-].[Li+]. The van der Waals surface area contributed by atoms with Crippen LogP contribution in [0.5, 0.6) is 0 Å². The van der Waals surface area contributed by atoms with Crippen molar-refractivity contribution in [2.75, 3.05) is 6.54 Å². The molecular formula is C6H14LiNO. The number of nitrogens with one attached hydrogen (secondary N) is 1. The van der Waals surface area contributed by atoms with Crippen molar-refractivity contribution in [3.05, 3.63) is 0 Å². The van der Waals surface area contributed by atoms with E-state index in [9.17, 15) is 4.79 Å². The molecule has 0 radical (unpaired) electrons. The van der Waals surface area contributed by atoms with Crippen LogP contribution in [-0.4, -0.2) is 12.5 Å². The predicted molar refractivity (Wildman–Crippen MR) is 34.7 cm³/mol. The number of amides is 1. The van der Waals surface area contributed by atoms with E-state index in [2.05, 4.69) is 5.32 Å². The Balaban J connectivity index is -0.000000245. The Morgan fingerprint density at radius 1 is 1.56 bits per heavy atom. The molecule has 1 N–H and O–H groups in total. The Labute approximate surface area is 70.1 Å². The van der Waals surface area contributed by atoms with Crippen molar-refractivity contribution >= 4 is 5.91 Å². The maximum Gasteiger partial charge on any atom is 1.00 e. The molecule has 0 unspecified atom stereocenters. The van der Waals surface area contributed by atoms with E-state index in [1.165, 1.54) is 0 Å². The summed E-state index contributed by atoms with van der Waals surface area (Å²) in [6.45, 7) is 4.67. The van der Waals surface area contributed by atoms with E-state index in [0.29, 0.717) is 6.42 Å². The van der Waals surface area contributed by atoms with Crippen molar-refractivity contribution in [3.8, 4) is 0 Å². The quantitative estimate of drug-likeness (QED) is 0.434. The van der Waals surface area contributed by atoms with Gasteiger partial charge in [-0.25, -0.2) is 0 Å². The van der Waals surface area contributed by atoms with E-state index in [-0.39, 0.29) is 26.2 Å². The zero-order chi connectivity index (χ0) is 6.41. The van der Waals surface area contributed by atoms with E-state index in [4.69, 9.17) is 0 Å². The van der Waals surface area contributed by atoms with Gasteiger partial charge in [0.25, 0.3) is 0 Å². The Hall–Kier alpha value is 0.0674.